The van der Waals surface area contributed by atoms with Gasteiger partial charge < -0.3 is 15.6 Å². The van der Waals surface area contributed by atoms with Gasteiger partial charge >= 0.3 is 0 Å². The van der Waals surface area contributed by atoms with Crippen LogP contribution in [-0.4, -0.2) is 23.1 Å². The second-order valence-electron chi connectivity index (χ2n) is 4.66. The van der Waals surface area contributed by atoms with Crippen molar-refractivity contribution >= 4 is 22.4 Å². The van der Waals surface area contributed by atoms with E-state index in [1.807, 2.05) is 6.07 Å². The van der Waals surface area contributed by atoms with Crippen molar-refractivity contribution in [3.8, 4) is 0 Å². The third kappa shape index (κ3) is 2.86. The molecule has 0 saturated heterocycles. The van der Waals surface area contributed by atoms with Crippen LogP contribution in [0.1, 0.15) is 26.7 Å². The Bertz CT molecular complexity index is 614. The molecule has 2 aromatic rings. The van der Waals surface area contributed by atoms with Gasteiger partial charge in [0.05, 0.1) is 28.6 Å². The van der Waals surface area contributed by atoms with Crippen LogP contribution in [0.3, 0.4) is 0 Å². The second-order valence-corrected chi connectivity index (χ2v) is 4.66. The Balaban J connectivity index is 2.50. The van der Waals surface area contributed by atoms with E-state index >= 15 is 0 Å². The molecule has 0 aliphatic rings. The maximum Gasteiger partial charge on any atom is 0.266 e. The zero-order valence-corrected chi connectivity index (χ0v) is 11.4. The normalized spacial score (nSPS) is 10.8. The zero-order chi connectivity index (χ0) is 13.8. The monoisotopic (exact) mass is 260 g/mol. The molecule has 0 fully saturated rings. The summed E-state index contributed by atoms with van der Waals surface area (Å²) < 4.78 is 0. The van der Waals surface area contributed by atoms with Gasteiger partial charge in [0, 0.05) is 13.1 Å². The number of H-pyrrole nitrogens is 1. The lowest BCUT2D eigenvalue weighted by Crippen LogP contribution is -2.25. The fourth-order valence-corrected chi connectivity index (χ4v) is 2.26. The SMILES string of the molecule is CCCN(CCC)c1cc2ncc(=O)[nH]c2cc1N. The number of benzene rings is 1. The van der Waals surface area contributed by atoms with E-state index in [1.54, 1.807) is 6.07 Å². The van der Waals surface area contributed by atoms with E-state index in [9.17, 15) is 4.79 Å². The lowest BCUT2D eigenvalue weighted by Gasteiger charge is -2.25. The maximum absolute atomic E-state index is 11.2. The van der Waals surface area contributed by atoms with Crippen molar-refractivity contribution in [1.82, 2.24) is 9.97 Å². The summed E-state index contributed by atoms with van der Waals surface area (Å²) in [6, 6.07) is 3.74. The van der Waals surface area contributed by atoms with Crippen LogP contribution in [0.5, 0.6) is 0 Å². The Labute approximate surface area is 112 Å². The second kappa shape index (κ2) is 5.73. The number of hydrogen-bond donors (Lipinski definition) is 2. The van der Waals surface area contributed by atoms with Crippen LogP contribution in [-0.2, 0) is 0 Å². The standard InChI is InChI=1S/C14H20N4O/c1-3-5-18(6-4-2)13-8-11-12(7-10(13)15)17-14(19)9-16-11/h7-9H,3-6,15H2,1-2H3,(H,17,19). The van der Waals surface area contributed by atoms with Crippen LogP contribution in [0, 0.1) is 0 Å². The third-order valence-electron chi connectivity index (χ3n) is 3.05. The molecular weight excluding hydrogens is 240 g/mol. The first-order valence-electron chi connectivity index (χ1n) is 6.69. The molecule has 1 aromatic carbocycles. The third-order valence-corrected chi connectivity index (χ3v) is 3.05. The van der Waals surface area contributed by atoms with E-state index in [1.165, 1.54) is 6.20 Å². The summed E-state index contributed by atoms with van der Waals surface area (Å²) in [5.41, 5.74) is 9.02. The van der Waals surface area contributed by atoms with Crippen molar-refractivity contribution in [3.05, 3.63) is 28.7 Å². The molecule has 2 rings (SSSR count). The van der Waals surface area contributed by atoms with Gasteiger partial charge in [-0.15, -0.1) is 0 Å². The van der Waals surface area contributed by atoms with Gasteiger partial charge in [0.2, 0.25) is 0 Å². The van der Waals surface area contributed by atoms with Gasteiger partial charge in [-0.05, 0) is 25.0 Å². The van der Waals surface area contributed by atoms with Gasteiger partial charge in [-0.1, -0.05) is 13.8 Å². The Morgan fingerprint density at radius 2 is 1.95 bits per heavy atom. The van der Waals surface area contributed by atoms with Crippen LogP contribution >= 0.6 is 0 Å². The highest BCUT2D eigenvalue weighted by molar-refractivity contribution is 5.86. The lowest BCUT2D eigenvalue weighted by atomic mass is 10.2. The number of nitrogens with zero attached hydrogens (tertiary/aromatic N) is 2. The van der Waals surface area contributed by atoms with Gasteiger partial charge in [-0.25, -0.2) is 4.98 Å². The van der Waals surface area contributed by atoms with Crippen LogP contribution in [0.25, 0.3) is 11.0 Å². The fourth-order valence-electron chi connectivity index (χ4n) is 2.26. The van der Waals surface area contributed by atoms with Gasteiger partial charge in [0.15, 0.2) is 0 Å². The summed E-state index contributed by atoms with van der Waals surface area (Å²) in [4.78, 5) is 20.4. The van der Waals surface area contributed by atoms with E-state index < -0.39 is 0 Å². The Morgan fingerprint density at radius 1 is 1.26 bits per heavy atom. The number of aromatic amines is 1. The summed E-state index contributed by atoms with van der Waals surface area (Å²) in [7, 11) is 0. The molecule has 0 amide bonds. The zero-order valence-electron chi connectivity index (χ0n) is 11.4. The molecular formula is C14H20N4O. The first kappa shape index (κ1) is 13.4. The maximum atomic E-state index is 11.2. The average Bonchev–Trinajstić information content (AvgIpc) is 2.37. The van der Waals surface area contributed by atoms with E-state index in [-0.39, 0.29) is 5.56 Å². The van der Waals surface area contributed by atoms with Crippen molar-refractivity contribution in [3.63, 3.8) is 0 Å². The molecule has 0 aliphatic heterocycles. The minimum atomic E-state index is -0.210. The number of fused-ring (bicyclic) bond motifs is 1. The average molecular weight is 260 g/mol. The molecule has 3 N–H and O–H groups in total. The summed E-state index contributed by atoms with van der Waals surface area (Å²) in [5.74, 6) is 0. The highest BCUT2D eigenvalue weighted by atomic mass is 16.1. The van der Waals surface area contributed by atoms with Crippen molar-refractivity contribution in [2.45, 2.75) is 26.7 Å². The molecule has 0 radical (unpaired) electrons. The number of nitrogens with two attached hydrogens (primary N) is 1. The Hall–Kier alpha value is -2.04. The highest BCUT2D eigenvalue weighted by Gasteiger charge is 2.10. The fraction of sp³-hybridized carbons (Fsp3) is 0.429. The predicted molar refractivity (Wildman–Crippen MR) is 79.6 cm³/mol. The molecule has 19 heavy (non-hydrogen) atoms. The molecule has 5 nitrogen and oxygen atoms in total. The topological polar surface area (TPSA) is 75.0 Å². The molecule has 5 heteroatoms. The molecule has 0 spiro atoms. The Morgan fingerprint density at radius 3 is 2.58 bits per heavy atom. The van der Waals surface area contributed by atoms with Crippen molar-refractivity contribution < 1.29 is 0 Å². The highest BCUT2D eigenvalue weighted by Crippen LogP contribution is 2.27. The summed E-state index contributed by atoms with van der Waals surface area (Å²) in [6.45, 7) is 6.23. The molecule has 0 bridgehead atoms. The molecule has 0 aliphatic carbocycles. The molecule has 0 atom stereocenters. The van der Waals surface area contributed by atoms with Gasteiger partial charge in [0.25, 0.3) is 5.56 Å². The molecule has 0 saturated carbocycles. The Kier molecular flexibility index (Phi) is 4.04. The van der Waals surface area contributed by atoms with Crippen molar-refractivity contribution in [2.75, 3.05) is 23.7 Å². The molecule has 1 heterocycles. The van der Waals surface area contributed by atoms with Crippen LogP contribution in [0.4, 0.5) is 11.4 Å². The molecule has 102 valence electrons. The number of nitrogen functional groups attached to an aromatic ring is 1. The largest absolute Gasteiger partial charge is 0.397 e. The number of hydrogen-bond acceptors (Lipinski definition) is 4. The minimum absolute atomic E-state index is 0.210. The van der Waals surface area contributed by atoms with Crippen LogP contribution < -0.4 is 16.2 Å². The van der Waals surface area contributed by atoms with Gasteiger partial charge in [-0.3, -0.25) is 4.79 Å². The summed E-state index contributed by atoms with van der Waals surface area (Å²) in [5, 5.41) is 0. The summed E-state index contributed by atoms with van der Waals surface area (Å²) >= 11 is 0. The van der Waals surface area contributed by atoms with E-state index in [2.05, 4.69) is 28.7 Å². The van der Waals surface area contributed by atoms with Gasteiger partial charge in [0.1, 0.15) is 0 Å². The quantitative estimate of drug-likeness (QED) is 0.808. The van der Waals surface area contributed by atoms with Crippen molar-refractivity contribution in [1.29, 1.82) is 0 Å². The summed E-state index contributed by atoms with van der Waals surface area (Å²) in [6.07, 6.45) is 3.43. The van der Waals surface area contributed by atoms with Crippen LogP contribution in [0.2, 0.25) is 0 Å². The number of anilines is 2. The number of aromatic nitrogens is 2. The van der Waals surface area contributed by atoms with E-state index in [0.29, 0.717) is 11.2 Å². The predicted octanol–water partition coefficient (Wildman–Crippen LogP) is 2.13. The van der Waals surface area contributed by atoms with E-state index in [4.69, 9.17) is 5.73 Å². The van der Waals surface area contributed by atoms with Crippen LogP contribution in [0.15, 0.2) is 23.1 Å². The number of rotatable bonds is 5. The number of nitrogens with one attached hydrogen (secondary N) is 1. The van der Waals surface area contributed by atoms with E-state index in [0.717, 1.165) is 37.1 Å². The smallest absolute Gasteiger partial charge is 0.266 e. The molecule has 0 unspecified atom stereocenters. The first-order chi connectivity index (χ1) is 9.15. The van der Waals surface area contributed by atoms with Gasteiger partial charge in [-0.2, -0.15) is 0 Å². The van der Waals surface area contributed by atoms with Crippen molar-refractivity contribution in [2.24, 2.45) is 0 Å². The minimum Gasteiger partial charge on any atom is -0.397 e. The molecule has 1 aromatic heterocycles. The lowest BCUT2D eigenvalue weighted by molar-refractivity contribution is 0.746. The first-order valence-corrected chi connectivity index (χ1v) is 6.69.